The Balaban J connectivity index is 1.71. The van der Waals surface area contributed by atoms with E-state index in [1.165, 1.54) is 17.8 Å². The van der Waals surface area contributed by atoms with Gasteiger partial charge in [-0.05, 0) is 30.7 Å². The van der Waals surface area contributed by atoms with E-state index in [2.05, 4.69) is 9.97 Å². The number of aliphatic hydroxyl groups is 2. The molecule has 0 unspecified atom stereocenters. The molecule has 0 aliphatic carbocycles. The minimum atomic E-state index is -1.66. The first-order valence-electron chi connectivity index (χ1n) is 8.23. The van der Waals surface area contributed by atoms with Crippen molar-refractivity contribution in [2.45, 2.75) is 31.0 Å². The number of ether oxygens (including phenoxy) is 1. The van der Waals surface area contributed by atoms with Crippen molar-refractivity contribution in [2.24, 2.45) is 0 Å². The first-order valence-corrected chi connectivity index (χ1v) is 8.61. The van der Waals surface area contributed by atoms with Crippen molar-refractivity contribution in [1.29, 1.82) is 0 Å². The quantitative estimate of drug-likeness (QED) is 0.619. The summed E-state index contributed by atoms with van der Waals surface area (Å²) in [5, 5.41) is 22.5. The van der Waals surface area contributed by atoms with E-state index >= 15 is 0 Å². The van der Waals surface area contributed by atoms with Gasteiger partial charge in [0, 0.05) is 11.2 Å². The molecule has 9 heteroatoms. The number of nitrogens with zero attached hydrogens (tertiary/aromatic N) is 3. The minimum Gasteiger partial charge on any atom is -0.383 e. The first kappa shape index (κ1) is 17.9. The molecule has 0 radical (unpaired) electrons. The predicted molar refractivity (Wildman–Crippen MR) is 97.9 cm³/mol. The third-order valence-corrected chi connectivity index (χ3v) is 5.10. The molecule has 0 spiro atoms. The van der Waals surface area contributed by atoms with E-state index in [4.69, 9.17) is 22.1 Å². The number of carbonyl (C=O) groups excluding carboxylic acids is 1. The number of fused-ring (bicyclic) bond motifs is 1. The van der Waals surface area contributed by atoms with Crippen molar-refractivity contribution < 1.29 is 19.7 Å². The molecule has 8 nitrogen and oxygen atoms in total. The number of aromatic nitrogens is 3. The van der Waals surface area contributed by atoms with Crippen LogP contribution >= 0.6 is 11.6 Å². The van der Waals surface area contributed by atoms with Crippen LogP contribution in [0.4, 0.5) is 5.82 Å². The molecule has 4 atom stereocenters. The van der Waals surface area contributed by atoms with Crippen molar-refractivity contribution in [2.75, 3.05) is 5.73 Å². The summed E-state index contributed by atoms with van der Waals surface area (Å²) in [7, 11) is 0. The summed E-state index contributed by atoms with van der Waals surface area (Å²) >= 11 is 5.89. The molecular weight excluding hydrogens is 372 g/mol. The van der Waals surface area contributed by atoms with E-state index in [1.54, 1.807) is 36.5 Å². The highest BCUT2D eigenvalue weighted by Crippen LogP contribution is 2.38. The molecule has 0 saturated carbocycles. The zero-order valence-electron chi connectivity index (χ0n) is 14.3. The number of Topliss-reactive ketones (excluding diaryl/α,β-unsaturated/α-hetero) is 1. The van der Waals surface area contributed by atoms with Gasteiger partial charge in [-0.1, -0.05) is 23.7 Å². The number of benzene rings is 1. The maximum absolute atomic E-state index is 12.7. The van der Waals surface area contributed by atoms with Gasteiger partial charge in [0.05, 0.1) is 5.39 Å². The van der Waals surface area contributed by atoms with E-state index in [1.807, 2.05) is 0 Å². The number of rotatable bonds is 3. The molecular formula is C18H17ClN4O4. The van der Waals surface area contributed by atoms with Crippen molar-refractivity contribution in [3.8, 4) is 0 Å². The van der Waals surface area contributed by atoms with Crippen LogP contribution in [0, 0.1) is 0 Å². The number of hydrogen-bond donors (Lipinski definition) is 3. The molecule has 27 heavy (non-hydrogen) atoms. The van der Waals surface area contributed by atoms with Crippen molar-refractivity contribution in [3.63, 3.8) is 0 Å². The van der Waals surface area contributed by atoms with Crippen LogP contribution < -0.4 is 5.73 Å². The van der Waals surface area contributed by atoms with E-state index < -0.39 is 29.8 Å². The van der Waals surface area contributed by atoms with Gasteiger partial charge < -0.3 is 25.3 Å². The van der Waals surface area contributed by atoms with Crippen LogP contribution in [0.5, 0.6) is 0 Å². The van der Waals surface area contributed by atoms with Crippen molar-refractivity contribution in [1.82, 2.24) is 14.5 Å². The van der Waals surface area contributed by atoms with Gasteiger partial charge in [-0.3, -0.25) is 4.79 Å². The molecule has 1 fully saturated rings. The maximum Gasteiger partial charge on any atom is 0.197 e. The van der Waals surface area contributed by atoms with Gasteiger partial charge in [0.2, 0.25) is 0 Å². The highest BCUT2D eigenvalue weighted by molar-refractivity contribution is 6.30. The molecule has 4 rings (SSSR count). The summed E-state index contributed by atoms with van der Waals surface area (Å²) in [5.74, 6) is -0.342. The third-order valence-electron chi connectivity index (χ3n) is 4.85. The molecule has 0 bridgehead atoms. The second kappa shape index (κ2) is 6.28. The number of nitrogen functional groups attached to an aromatic ring is 1. The molecule has 1 saturated heterocycles. The first-order chi connectivity index (χ1) is 12.8. The second-order valence-corrected chi connectivity index (χ2v) is 7.06. The van der Waals surface area contributed by atoms with Crippen LogP contribution in [0.1, 0.15) is 18.7 Å². The van der Waals surface area contributed by atoms with Gasteiger partial charge in [0.15, 0.2) is 24.2 Å². The summed E-state index contributed by atoms with van der Waals surface area (Å²) < 4.78 is 7.31. The Hall–Kier alpha value is -2.52. The fourth-order valence-electron chi connectivity index (χ4n) is 3.34. The van der Waals surface area contributed by atoms with E-state index in [-0.39, 0.29) is 5.82 Å². The van der Waals surface area contributed by atoms with Crippen LogP contribution in [-0.2, 0) is 15.1 Å². The smallest absolute Gasteiger partial charge is 0.197 e. The number of aliphatic hydroxyl groups excluding tert-OH is 1. The lowest BCUT2D eigenvalue weighted by atomic mass is 9.87. The number of ketones is 1. The lowest BCUT2D eigenvalue weighted by Gasteiger charge is -2.29. The summed E-state index contributed by atoms with van der Waals surface area (Å²) in [6, 6.07) is 8.11. The number of carbonyl (C=O) groups is 1. The van der Waals surface area contributed by atoms with Crippen molar-refractivity contribution in [3.05, 3.63) is 53.4 Å². The normalized spacial score (nSPS) is 25.0. The molecule has 1 aromatic carbocycles. The lowest BCUT2D eigenvalue weighted by molar-refractivity contribution is -0.144. The van der Waals surface area contributed by atoms with E-state index in [0.29, 0.717) is 21.6 Å². The zero-order valence-corrected chi connectivity index (χ0v) is 15.0. The zero-order chi connectivity index (χ0) is 19.3. The maximum atomic E-state index is 12.7. The Bertz CT molecular complexity index is 1020. The Morgan fingerprint density at radius 1 is 1.26 bits per heavy atom. The van der Waals surface area contributed by atoms with Gasteiger partial charge in [0.1, 0.15) is 23.4 Å². The van der Waals surface area contributed by atoms with Crippen LogP contribution in [-0.4, -0.2) is 42.7 Å². The van der Waals surface area contributed by atoms with Crippen molar-refractivity contribution >= 4 is 34.2 Å². The predicted octanol–water partition coefficient (Wildman–Crippen LogP) is 1.40. The summed E-state index contributed by atoms with van der Waals surface area (Å²) in [4.78, 5) is 20.7. The van der Waals surface area contributed by atoms with Crippen LogP contribution in [0.2, 0.25) is 5.02 Å². The van der Waals surface area contributed by atoms with E-state index in [0.717, 1.165) is 0 Å². The molecule has 4 N–H and O–H groups in total. The second-order valence-electron chi connectivity index (χ2n) is 6.63. The van der Waals surface area contributed by atoms with Crippen LogP contribution in [0.15, 0.2) is 42.9 Å². The monoisotopic (exact) mass is 388 g/mol. The largest absolute Gasteiger partial charge is 0.383 e. The fourth-order valence-corrected chi connectivity index (χ4v) is 3.46. The number of nitrogens with two attached hydrogens (primary N) is 1. The number of hydrogen-bond acceptors (Lipinski definition) is 7. The van der Waals surface area contributed by atoms with Gasteiger partial charge in [-0.2, -0.15) is 0 Å². The van der Waals surface area contributed by atoms with Gasteiger partial charge in [-0.15, -0.1) is 0 Å². The standard InChI is InChI=1S/C18H17ClN4O4/c1-18(26,9-2-4-10(19)5-3-9)14-12(24)13(25)17(27-14)23-7-6-11-15(20)21-8-22-16(11)23/h2-8,13-14,17,25-26H,1H3,(H2,20,21,22)/t13-,14+,17-,18-/m1/s1. The third kappa shape index (κ3) is 2.78. The molecule has 1 aliphatic heterocycles. The highest BCUT2D eigenvalue weighted by Gasteiger charge is 2.52. The Kier molecular flexibility index (Phi) is 4.15. The van der Waals surface area contributed by atoms with Crippen LogP contribution in [0.3, 0.4) is 0 Å². The summed E-state index contributed by atoms with van der Waals surface area (Å²) in [6.45, 7) is 1.46. The Morgan fingerprint density at radius 3 is 2.67 bits per heavy atom. The molecule has 140 valence electrons. The Labute approximate surface area is 159 Å². The summed E-state index contributed by atoms with van der Waals surface area (Å²) in [5.41, 5.74) is 5.04. The fraction of sp³-hybridized carbons (Fsp3) is 0.278. The number of halogens is 1. The summed E-state index contributed by atoms with van der Waals surface area (Å²) in [6.07, 6.45) is -0.890. The molecule has 0 amide bonds. The SMILES string of the molecule is C[C@@](O)(c1ccc(Cl)cc1)[C@H]1O[C@@H](n2ccc3c(N)ncnc32)[C@H](O)C1=O. The molecule has 2 aromatic heterocycles. The Morgan fingerprint density at radius 2 is 1.96 bits per heavy atom. The minimum absolute atomic E-state index is 0.280. The topological polar surface area (TPSA) is 123 Å². The highest BCUT2D eigenvalue weighted by atomic mass is 35.5. The van der Waals surface area contributed by atoms with Crippen LogP contribution in [0.25, 0.3) is 11.0 Å². The average Bonchev–Trinajstić information content (AvgIpc) is 3.19. The number of anilines is 1. The van der Waals surface area contributed by atoms with Gasteiger partial charge >= 0.3 is 0 Å². The lowest BCUT2D eigenvalue weighted by Crippen LogP contribution is -2.42. The molecule has 3 aromatic rings. The van der Waals surface area contributed by atoms with E-state index in [9.17, 15) is 15.0 Å². The van der Waals surface area contributed by atoms with Gasteiger partial charge in [-0.25, -0.2) is 9.97 Å². The molecule has 1 aliphatic rings. The van der Waals surface area contributed by atoms with Gasteiger partial charge in [0.25, 0.3) is 0 Å². The molecule has 3 heterocycles. The average molecular weight is 389 g/mol.